The molecule has 0 aliphatic heterocycles. The second kappa shape index (κ2) is 9.14. The van der Waals surface area contributed by atoms with E-state index in [2.05, 4.69) is 30.9 Å². The number of alkyl halides is 3. The predicted octanol–water partition coefficient (Wildman–Crippen LogP) is 3.31. The van der Waals surface area contributed by atoms with Crippen LogP contribution in [0.25, 0.3) is 0 Å². The second-order valence-electron chi connectivity index (χ2n) is 6.01. The molecule has 2 aromatic heterocycles. The fourth-order valence-corrected chi connectivity index (χ4v) is 2.13. The summed E-state index contributed by atoms with van der Waals surface area (Å²) < 4.78 is 39.5. The van der Waals surface area contributed by atoms with Gasteiger partial charge in [0.05, 0.1) is 11.9 Å². The van der Waals surface area contributed by atoms with Gasteiger partial charge in [0.2, 0.25) is 5.95 Å². The molecule has 0 unspecified atom stereocenters. The summed E-state index contributed by atoms with van der Waals surface area (Å²) in [6.45, 7) is 5.00. The zero-order valence-electron chi connectivity index (χ0n) is 14.9. The Balaban J connectivity index is 2.11. The van der Waals surface area contributed by atoms with Gasteiger partial charge >= 0.3 is 6.18 Å². The summed E-state index contributed by atoms with van der Waals surface area (Å²) in [4.78, 5) is 11.5. The first-order chi connectivity index (χ1) is 12.8. The Morgan fingerprint density at radius 1 is 1.15 bits per heavy atom. The Kier molecular flexibility index (Phi) is 6.90. The zero-order valence-corrected chi connectivity index (χ0v) is 14.9. The molecule has 7 nitrogen and oxygen atoms in total. The van der Waals surface area contributed by atoms with E-state index in [1.165, 1.54) is 12.3 Å². The molecule has 0 amide bonds. The van der Waals surface area contributed by atoms with Crippen molar-refractivity contribution < 1.29 is 13.2 Å². The number of pyridine rings is 1. The highest BCUT2D eigenvalue weighted by Gasteiger charge is 2.35. The summed E-state index contributed by atoms with van der Waals surface area (Å²) in [6.07, 6.45) is -1.81. The van der Waals surface area contributed by atoms with Gasteiger partial charge in [-0.2, -0.15) is 23.4 Å². The standard InChI is InChI=1S/C17H20F3N7/c1-11(2)22-6-3-7-23-15-14(17(18,19)20)10-25-16(27-15)26-13-5-4-12(8-21)24-9-13/h4-5,9-11,22H,3,6-7H2,1-2H3,(H2,23,25,26,27). The van der Waals surface area contributed by atoms with E-state index in [1.807, 2.05) is 19.9 Å². The molecule has 0 atom stereocenters. The summed E-state index contributed by atoms with van der Waals surface area (Å²) in [6, 6.07) is 5.24. The van der Waals surface area contributed by atoms with Crippen LogP contribution >= 0.6 is 0 Å². The first kappa shape index (κ1) is 20.4. The van der Waals surface area contributed by atoms with Gasteiger partial charge in [0.25, 0.3) is 0 Å². The summed E-state index contributed by atoms with van der Waals surface area (Å²) >= 11 is 0. The summed E-state index contributed by atoms with van der Waals surface area (Å²) in [5.41, 5.74) is -0.241. The van der Waals surface area contributed by atoms with Crippen LogP contribution in [0.4, 0.5) is 30.6 Å². The van der Waals surface area contributed by atoms with Crippen LogP contribution in [0.3, 0.4) is 0 Å². The van der Waals surface area contributed by atoms with E-state index in [0.717, 1.165) is 6.20 Å². The molecule has 0 saturated carbocycles. The van der Waals surface area contributed by atoms with Crippen LogP contribution in [0.1, 0.15) is 31.5 Å². The normalized spacial score (nSPS) is 11.3. The van der Waals surface area contributed by atoms with E-state index in [1.54, 1.807) is 6.07 Å². The maximum atomic E-state index is 13.2. The SMILES string of the molecule is CC(C)NCCCNc1nc(Nc2ccc(C#N)nc2)ncc1C(F)(F)F. The maximum absolute atomic E-state index is 13.2. The summed E-state index contributed by atoms with van der Waals surface area (Å²) in [7, 11) is 0. The quantitative estimate of drug-likeness (QED) is 0.605. The summed E-state index contributed by atoms with van der Waals surface area (Å²) in [5.74, 6) is -0.288. The lowest BCUT2D eigenvalue weighted by Gasteiger charge is -2.15. The van der Waals surface area contributed by atoms with Crippen molar-refractivity contribution in [1.82, 2.24) is 20.3 Å². The number of nitrogens with one attached hydrogen (secondary N) is 3. The van der Waals surface area contributed by atoms with Crippen LogP contribution in [0.15, 0.2) is 24.5 Å². The second-order valence-corrected chi connectivity index (χ2v) is 6.01. The van der Waals surface area contributed by atoms with E-state index in [4.69, 9.17) is 5.26 Å². The van der Waals surface area contributed by atoms with Gasteiger partial charge in [0.15, 0.2) is 0 Å². The number of nitriles is 1. The average Bonchev–Trinajstić information content (AvgIpc) is 2.61. The van der Waals surface area contributed by atoms with Crippen molar-refractivity contribution in [3.63, 3.8) is 0 Å². The molecule has 144 valence electrons. The lowest BCUT2D eigenvalue weighted by Crippen LogP contribution is -2.25. The number of rotatable bonds is 8. The van der Waals surface area contributed by atoms with Crippen molar-refractivity contribution in [3.8, 4) is 6.07 Å². The topological polar surface area (TPSA) is 98.6 Å². The number of anilines is 3. The Bertz CT molecular complexity index is 783. The van der Waals surface area contributed by atoms with Crippen molar-refractivity contribution in [2.45, 2.75) is 32.5 Å². The molecule has 27 heavy (non-hydrogen) atoms. The van der Waals surface area contributed by atoms with E-state index >= 15 is 0 Å². The third kappa shape index (κ3) is 6.38. The molecule has 0 saturated heterocycles. The van der Waals surface area contributed by atoms with Gasteiger partial charge in [-0.15, -0.1) is 0 Å². The lowest BCUT2D eigenvalue weighted by molar-refractivity contribution is -0.137. The molecule has 0 fully saturated rings. The Labute approximate surface area is 155 Å². The van der Waals surface area contributed by atoms with Crippen LogP contribution in [0.2, 0.25) is 0 Å². The van der Waals surface area contributed by atoms with Gasteiger partial charge in [-0.25, -0.2) is 9.97 Å². The van der Waals surface area contributed by atoms with Crippen molar-refractivity contribution in [3.05, 3.63) is 35.8 Å². The zero-order chi connectivity index (χ0) is 19.9. The van der Waals surface area contributed by atoms with Crippen molar-refractivity contribution in [2.75, 3.05) is 23.7 Å². The van der Waals surface area contributed by atoms with Crippen LogP contribution < -0.4 is 16.0 Å². The number of aromatic nitrogens is 3. The van der Waals surface area contributed by atoms with E-state index in [-0.39, 0.29) is 17.5 Å². The predicted molar refractivity (Wildman–Crippen MR) is 95.5 cm³/mol. The minimum absolute atomic E-state index is 0.00249. The number of hydrogen-bond acceptors (Lipinski definition) is 7. The van der Waals surface area contributed by atoms with E-state index < -0.39 is 11.7 Å². The molecule has 0 aliphatic carbocycles. The van der Waals surface area contributed by atoms with Crippen LogP contribution in [-0.2, 0) is 6.18 Å². The maximum Gasteiger partial charge on any atom is 0.421 e. The van der Waals surface area contributed by atoms with Crippen LogP contribution in [0.5, 0.6) is 0 Å². The molecule has 0 spiro atoms. The lowest BCUT2D eigenvalue weighted by atomic mass is 10.3. The number of halogens is 3. The molecule has 3 N–H and O–H groups in total. The van der Waals surface area contributed by atoms with Crippen molar-refractivity contribution >= 4 is 17.5 Å². The van der Waals surface area contributed by atoms with Gasteiger partial charge in [-0.05, 0) is 25.1 Å². The third-order valence-corrected chi connectivity index (χ3v) is 3.43. The average molecular weight is 379 g/mol. The Morgan fingerprint density at radius 2 is 1.93 bits per heavy atom. The van der Waals surface area contributed by atoms with Gasteiger partial charge < -0.3 is 16.0 Å². The molecule has 2 rings (SSSR count). The molecular formula is C17H20F3N7. The highest BCUT2D eigenvalue weighted by atomic mass is 19.4. The van der Waals surface area contributed by atoms with Crippen molar-refractivity contribution in [2.24, 2.45) is 0 Å². The van der Waals surface area contributed by atoms with Gasteiger partial charge in [0, 0.05) is 18.8 Å². The molecule has 2 heterocycles. The molecular weight excluding hydrogens is 359 g/mol. The van der Waals surface area contributed by atoms with Crippen LogP contribution in [0, 0.1) is 11.3 Å². The van der Waals surface area contributed by atoms with Gasteiger partial charge in [0.1, 0.15) is 23.1 Å². The van der Waals surface area contributed by atoms with Crippen LogP contribution in [-0.4, -0.2) is 34.1 Å². The molecule has 0 radical (unpaired) electrons. The fraction of sp³-hybridized carbons (Fsp3) is 0.412. The minimum atomic E-state index is -4.56. The van der Waals surface area contributed by atoms with E-state index in [9.17, 15) is 13.2 Å². The largest absolute Gasteiger partial charge is 0.421 e. The highest BCUT2D eigenvalue weighted by Crippen LogP contribution is 2.34. The summed E-state index contributed by atoms with van der Waals surface area (Å²) in [5, 5.41) is 17.4. The monoisotopic (exact) mass is 379 g/mol. The first-order valence-corrected chi connectivity index (χ1v) is 8.34. The number of hydrogen-bond donors (Lipinski definition) is 3. The van der Waals surface area contributed by atoms with Gasteiger partial charge in [-0.1, -0.05) is 13.8 Å². The van der Waals surface area contributed by atoms with E-state index in [0.29, 0.717) is 31.2 Å². The molecule has 2 aromatic rings. The minimum Gasteiger partial charge on any atom is -0.369 e. The Morgan fingerprint density at radius 3 is 2.52 bits per heavy atom. The third-order valence-electron chi connectivity index (χ3n) is 3.43. The number of nitrogens with zero attached hydrogens (tertiary/aromatic N) is 4. The first-order valence-electron chi connectivity index (χ1n) is 8.34. The Hall–Kier alpha value is -2.93. The molecule has 0 aliphatic rings. The fourth-order valence-electron chi connectivity index (χ4n) is 2.13. The highest BCUT2D eigenvalue weighted by molar-refractivity contribution is 5.56. The van der Waals surface area contributed by atoms with Gasteiger partial charge in [-0.3, -0.25) is 0 Å². The molecule has 0 bridgehead atoms. The molecule has 0 aromatic carbocycles. The van der Waals surface area contributed by atoms with Crippen molar-refractivity contribution in [1.29, 1.82) is 5.26 Å². The molecule has 10 heteroatoms. The smallest absolute Gasteiger partial charge is 0.369 e.